The minimum absolute atomic E-state index is 0.322. The van der Waals surface area contributed by atoms with Crippen molar-refractivity contribution in [2.75, 3.05) is 7.11 Å². The monoisotopic (exact) mass is 191 g/mol. The second-order valence-electron chi connectivity index (χ2n) is 1.94. The number of methoxy groups -OCH3 is 1. The van der Waals surface area contributed by atoms with E-state index in [9.17, 15) is 4.79 Å². The Morgan fingerprint density at radius 1 is 1.50 bits per heavy atom. The second kappa shape index (κ2) is 10.9. The third kappa shape index (κ3) is 9.92. The Morgan fingerprint density at radius 2 is 2.00 bits per heavy atom. The van der Waals surface area contributed by atoms with Crippen LogP contribution in [-0.4, -0.2) is 13.1 Å². The lowest BCUT2D eigenvalue weighted by Gasteiger charge is -1.94. The normalized spacial score (nSPS) is 7.71. The molecule has 0 fully saturated rings. The predicted molar refractivity (Wildman–Crippen MR) is 56.3 cm³/mol. The van der Waals surface area contributed by atoms with Crippen LogP contribution in [0.3, 0.4) is 0 Å². The van der Waals surface area contributed by atoms with Gasteiger partial charge in [-0.15, -0.1) is 0 Å². The van der Waals surface area contributed by atoms with E-state index in [1.807, 2.05) is 0 Å². The van der Waals surface area contributed by atoms with Crippen LogP contribution in [0.2, 0.25) is 0 Å². The Kier molecular flexibility index (Phi) is 11.3. The van der Waals surface area contributed by atoms with Crippen LogP contribution in [0, 0.1) is 11.3 Å². The SMILES string of the molecule is C=CC#N.C=CC=CC(=C)C(=O)OC. The van der Waals surface area contributed by atoms with Crippen molar-refractivity contribution in [1.82, 2.24) is 0 Å². The maximum absolute atomic E-state index is 10.6. The topological polar surface area (TPSA) is 50.1 Å². The minimum Gasteiger partial charge on any atom is -0.465 e. The largest absolute Gasteiger partial charge is 0.465 e. The van der Waals surface area contributed by atoms with E-state index in [0.29, 0.717) is 5.57 Å². The summed E-state index contributed by atoms with van der Waals surface area (Å²) < 4.78 is 4.39. The number of carbonyl (C=O) groups is 1. The number of esters is 1. The third-order valence-corrected chi connectivity index (χ3v) is 0.972. The molecule has 0 saturated heterocycles. The van der Waals surface area contributed by atoms with Gasteiger partial charge in [-0.3, -0.25) is 0 Å². The average Bonchev–Trinajstić information content (AvgIpc) is 2.24. The van der Waals surface area contributed by atoms with E-state index in [0.717, 1.165) is 0 Å². The van der Waals surface area contributed by atoms with Gasteiger partial charge in [-0.25, -0.2) is 4.79 Å². The lowest BCUT2D eigenvalue weighted by atomic mass is 10.3. The maximum atomic E-state index is 10.6. The first-order valence-electron chi connectivity index (χ1n) is 3.70. The Balaban J connectivity index is 0. The molecule has 74 valence electrons. The van der Waals surface area contributed by atoms with E-state index < -0.39 is 5.97 Å². The molecule has 0 amide bonds. The van der Waals surface area contributed by atoms with Crippen LogP contribution in [0.4, 0.5) is 0 Å². The second-order valence-corrected chi connectivity index (χ2v) is 1.94. The first-order valence-corrected chi connectivity index (χ1v) is 3.70. The van der Waals surface area contributed by atoms with Crippen molar-refractivity contribution < 1.29 is 9.53 Å². The summed E-state index contributed by atoms with van der Waals surface area (Å²) in [5.74, 6) is -0.418. The van der Waals surface area contributed by atoms with Crippen LogP contribution in [0.15, 0.2) is 49.6 Å². The lowest BCUT2D eigenvalue weighted by molar-refractivity contribution is -0.135. The summed E-state index contributed by atoms with van der Waals surface area (Å²) in [7, 11) is 1.31. The molecule has 0 aromatic rings. The Hall–Kier alpha value is -2.08. The lowest BCUT2D eigenvalue weighted by Crippen LogP contribution is -2.00. The molecule has 0 aliphatic carbocycles. The van der Waals surface area contributed by atoms with Crippen LogP contribution < -0.4 is 0 Å². The van der Waals surface area contributed by atoms with Gasteiger partial charge < -0.3 is 4.74 Å². The molecule has 0 saturated carbocycles. The zero-order valence-corrected chi connectivity index (χ0v) is 8.19. The summed E-state index contributed by atoms with van der Waals surface area (Å²) >= 11 is 0. The molecule has 0 radical (unpaired) electrons. The third-order valence-electron chi connectivity index (χ3n) is 0.972. The van der Waals surface area contributed by atoms with E-state index in [1.165, 1.54) is 13.2 Å². The number of nitrogens with zero attached hydrogens (tertiary/aromatic N) is 1. The predicted octanol–water partition coefficient (Wildman–Crippen LogP) is 2.15. The van der Waals surface area contributed by atoms with Gasteiger partial charge in [0.05, 0.1) is 18.8 Å². The van der Waals surface area contributed by atoms with Gasteiger partial charge in [0.25, 0.3) is 0 Å². The summed E-state index contributed by atoms with van der Waals surface area (Å²) in [5.41, 5.74) is 0.322. The molecular weight excluding hydrogens is 178 g/mol. The highest BCUT2D eigenvalue weighted by Gasteiger charge is 1.99. The molecule has 0 atom stereocenters. The molecule has 3 nitrogen and oxygen atoms in total. The highest BCUT2D eigenvalue weighted by atomic mass is 16.5. The summed E-state index contributed by atoms with van der Waals surface area (Å²) in [6.45, 7) is 10.0. The first-order chi connectivity index (χ1) is 6.63. The fraction of sp³-hybridized carbons (Fsp3) is 0.0909. The van der Waals surface area contributed by atoms with Gasteiger partial charge in [0.1, 0.15) is 0 Å². The molecule has 0 heterocycles. The van der Waals surface area contributed by atoms with Crippen molar-refractivity contribution in [2.45, 2.75) is 0 Å². The minimum atomic E-state index is -0.418. The molecule has 0 aliphatic heterocycles. The van der Waals surface area contributed by atoms with Crippen LogP contribution >= 0.6 is 0 Å². The van der Waals surface area contributed by atoms with E-state index in [4.69, 9.17) is 5.26 Å². The fourth-order valence-corrected chi connectivity index (χ4v) is 0.383. The highest BCUT2D eigenvalue weighted by Crippen LogP contribution is 1.94. The summed E-state index contributed by atoms with van der Waals surface area (Å²) in [5, 5.41) is 7.51. The summed E-state index contributed by atoms with van der Waals surface area (Å²) in [4.78, 5) is 10.6. The molecule has 0 spiro atoms. The van der Waals surface area contributed by atoms with Crippen molar-refractivity contribution in [1.29, 1.82) is 5.26 Å². The van der Waals surface area contributed by atoms with E-state index in [2.05, 4.69) is 24.5 Å². The highest BCUT2D eigenvalue weighted by molar-refractivity contribution is 5.90. The van der Waals surface area contributed by atoms with E-state index in [1.54, 1.807) is 24.3 Å². The number of ether oxygens (including phenoxy) is 1. The van der Waals surface area contributed by atoms with E-state index >= 15 is 0 Å². The van der Waals surface area contributed by atoms with Crippen molar-refractivity contribution in [3.05, 3.63) is 49.6 Å². The van der Waals surface area contributed by atoms with Crippen molar-refractivity contribution in [2.24, 2.45) is 0 Å². The van der Waals surface area contributed by atoms with Gasteiger partial charge >= 0.3 is 5.97 Å². The average molecular weight is 191 g/mol. The fourth-order valence-electron chi connectivity index (χ4n) is 0.383. The first kappa shape index (κ1) is 14.4. The molecule has 14 heavy (non-hydrogen) atoms. The number of allylic oxidation sites excluding steroid dienone is 3. The van der Waals surface area contributed by atoms with Gasteiger partial charge in [-0.05, 0) is 6.08 Å². The van der Waals surface area contributed by atoms with Crippen LogP contribution in [0.25, 0.3) is 0 Å². The molecule has 0 bridgehead atoms. The molecule has 0 N–H and O–H groups in total. The van der Waals surface area contributed by atoms with Crippen LogP contribution in [0.5, 0.6) is 0 Å². The van der Waals surface area contributed by atoms with E-state index in [-0.39, 0.29) is 0 Å². The van der Waals surface area contributed by atoms with Gasteiger partial charge in [-0.2, -0.15) is 5.26 Å². The van der Waals surface area contributed by atoms with Crippen LogP contribution in [0.1, 0.15) is 0 Å². The smallest absolute Gasteiger partial charge is 0.337 e. The van der Waals surface area contributed by atoms with Gasteiger partial charge in [0.15, 0.2) is 0 Å². The molecule has 0 aromatic carbocycles. The maximum Gasteiger partial charge on any atom is 0.337 e. The van der Waals surface area contributed by atoms with Crippen LogP contribution in [-0.2, 0) is 9.53 Å². The van der Waals surface area contributed by atoms with Gasteiger partial charge in [0, 0.05) is 6.08 Å². The molecule has 0 rings (SSSR count). The standard InChI is InChI=1S/C8H10O2.C3H3N/c1-4-5-6-7(2)8(9)10-3;1-2-3-4/h4-6H,1-2H2,3H3;2H,1H2. The van der Waals surface area contributed by atoms with Crippen molar-refractivity contribution in [3.8, 4) is 6.07 Å². The summed E-state index contributed by atoms with van der Waals surface area (Å²) in [6, 6.07) is 1.69. The number of hydrogen-bond donors (Lipinski definition) is 0. The summed E-state index contributed by atoms with van der Waals surface area (Å²) in [6.07, 6.45) is 5.91. The number of rotatable bonds is 3. The Morgan fingerprint density at radius 3 is 2.29 bits per heavy atom. The zero-order chi connectivity index (χ0) is 11.4. The Bertz CT molecular complexity index is 282. The zero-order valence-electron chi connectivity index (χ0n) is 8.19. The number of nitriles is 1. The molecule has 3 heteroatoms. The number of carbonyl (C=O) groups excluding carboxylic acids is 1. The quantitative estimate of drug-likeness (QED) is 0.297. The van der Waals surface area contributed by atoms with Crippen molar-refractivity contribution in [3.63, 3.8) is 0 Å². The molecule has 0 aliphatic rings. The Labute approximate surface area is 84.3 Å². The number of hydrogen-bond acceptors (Lipinski definition) is 3. The molecular formula is C11H13NO2. The molecule has 0 unspecified atom stereocenters. The molecule has 0 aromatic heterocycles. The van der Waals surface area contributed by atoms with Gasteiger partial charge in [-0.1, -0.05) is 31.9 Å². The van der Waals surface area contributed by atoms with Gasteiger partial charge in [0.2, 0.25) is 0 Å². The van der Waals surface area contributed by atoms with Crippen molar-refractivity contribution >= 4 is 5.97 Å².